The minimum Gasteiger partial charge on any atom is -0.379 e. The molecule has 0 heterocycles. The number of benzene rings is 2. The van der Waals surface area contributed by atoms with Crippen molar-refractivity contribution in [2.75, 3.05) is 5.32 Å². The molecule has 112 valence electrons. The number of halogens is 6. The predicted molar refractivity (Wildman–Crippen MR) is 65.1 cm³/mol. The van der Waals surface area contributed by atoms with Gasteiger partial charge in [0, 0.05) is 12.6 Å². The van der Waals surface area contributed by atoms with Gasteiger partial charge in [-0.25, -0.2) is 13.2 Å². The van der Waals surface area contributed by atoms with Crippen LogP contribution in [-0.4, -0.2) is 0 Å². The first-order valence-electron chi connectivity index (χ1n) is 5.82. The predicted octanol–water partition coefficient (Wildman–Crippen LogP) is 4.73. The topological polar surface area (TPSA) is 12.0 Å². The SMILES string of the molecule is Fc1ccc(NCc2ccc(F)cc2C(F)(F)F)c(F)c1. The molecule has 1 nitrogen and oxygen atoms in total. The van der Waals surface area contributed by atoms with Gasteiger partial charge >= 0.3 is 6.18 Å². The first kappa shape index (κ1) is 15.2. The van der Waals surface area contributed by atoms with Gasteiger partial charge in [0.15, 0.2) is 0 Å². The number of nitrogens with one attached hydrogen (secondary N) is 1. The summed E-state index contributed by atoms with van der Waals surface area (Å²) >= 11 is 0. The van der Waals surface area contributed by atoms with E-state index in [2.05, 4.69) is 5.32 Å². The van der Waals surface area contributed by atoms with Gasteiger partial charge in [0.1, 0.15) is 17.5 Å². The summed E-state index contributed by atoms with van der Waals surface area (Å²) in [5.41, 5.74) is -1.53. The van der Waals surface area contributed by atoms with Crippen LogP contribution < -0.4 is 5.32 Å². The lowest BCUT2D eigenvalue weighted by atomic mass is 10.1. The zero-order valence-electron chi connectivity index (χ0n) is 10.4. The fourth-order valence-electron chi connectivity index (χ4n) is 1.79. The van der Waals surface area contributed by atoms with Crippen LogP contribution in [0.15, 0.2) is 36.4 Å². The highest BCUT2D eigenvalue weighted by atomic mass is 19.4. The third-order valence-electron chi connectivity index (χ3n) is 2.78. The zero-order chi connectivity index (χ0) is 15.6. The number of hydrogen-bond acceptors (Lipinski definition) is 1. The molecule has 0 unspecified atom stereocenters. The molecule has 0 aliphatic heterocycles. The van der Waals surface area contributed by atoms with Gasteiger partial charge in [-0.2, -0.15) is 13.2 Å². The Morgan fingerprint density at radius 3 is 2.10 bits per heavy atom. The Morgan fingerprint density at radius 1 is 0.857 bits per heavy atom. The van der Waals surface area contributed by atoms with Crippen LogP contribution in [0.25, 0.3) is 0 Å². The third-order valence-corrected chi connectivity index (χ3v) is 2.78. The van der Waals surface area contributed by atoms with Crippen LogP contribution in [0.3, 0.4) is 0 Å². The van der Waals surface area contributed by atoms with Gasteiger partial charge in [0.2, 0.25) is 0 Å². The van der Waals surface area contributed by atoms with E-state index in [9.17, 15) is 26.3 Å². The molecule has 0 saturated heterocycles. The van der Waals surface area contributed by atoms with Crippen molar-refractivity contribution in [3.8, 4) is 0 Å². The Balaban J connectivity index is 2.24. The number of anilines is 1. The summed E-state index contributed by atoms with van der Waals surface area (Å²) in [5, 5.41) is 2.42. The monoisotopic (exact) mass is 305 g/mol. The Labute approximate surface area is 116 Å². The molecule has 2 aromatic carbocycles. The van der Waals surface area contributed by atoms with Crippen LogP contribution in [0.5, 0.6) is 0 Å². The van der Waals surface area contributed by atoms with Crippen molar-refractivity contribution in [3.63, 3.8) is 0 Å². The van der Waals surface area contributed by atoms with Crippen molar-refractivity contribution in [1.82, 2.24) is 0 Å². The highest BCUT2D eigenvalue weighted by molar-refractivity contribution is 5.46. The number of alkyl halides is 3. The molecular formula is C14H9F6N. The quantitative estimate of drug-likeness (QED) is 0.808. The van der Waals surface area contributed by atoms with Gasteiger partial charge in [-0.1, -0.05) is 6.07 Å². The highest BCUT2D eigenvalue weighted by Crippen LogP contribution is 2.33. The Kier molecular flexibility index (Phi) is 4.11. The second kappa shape index (κ2) is 5.67. The Bertz CT molecular complexity index is 650. The van der Waals surface area contributed by atoms with Crippen LogP contribution >= 0.6 is 0 Å². The first-order valence-corrected chi connectivity index (χ1v) is 5.82. The average Bonchev–Trinajstić information content (AvgIpc) is 2.38. The van der Waals surface area contributed by atoms with Crippen LogP contribution in [0.1, 0.15) is 11.1 Å². The Hall–Kier alpha value is -2.18. The van der Waals surface area contributed by atoms with Crippen molar-refractivity contribution in [2.24, 2.45) is 0 Å². The number of rotatable bonds is 3. The Morgan fingerprint density at radius 2 is 1.48 bits per heavy atom. The van der Waals surface area contributed by atoms with Crippen molar-refractivity contribution >= 4 is 5.69 Å². The maximum atomic E-state index is 13.4. The van der Waals surface area contributed by atoms with Crippen molar-refractivity contribution in [3.05, 3.63) is 65.0 Å². The van der Waals surface area contributed by atoms with Gasteiger partial charge in [0.05, 0.1) is 11.3 Å². The van der Waals surface area contributed by atoms with Crippen molar-refractivity contribution in [1.29, 1.82) is 0 Å². The molecule has 0 radical (unpaired) electrons. The molecule has 0 aliphatic rings. The molecule has 0 aromatic heterocycles. The van der Waals surface area contributed by atoms with E-state index in [-0.39, 0.29) is 17.8 Å². The van der Waals surface area contributed by atoms with E-state index >= 15 is 0 Å². The van der Waals surface area contributed by atoms with Crippen LogP contribution in [-0.2, 0) is 12.7 Å². The summed E-state index contributed by atoms with van der Waals surface area (Å²) in [6.45, 7) is -0.377. The van der Waals surface area contributed by atoms with Crippen LogP contribution in [0.4, 0.5) is 32.0 Å². The summed E-state index contributed by atoms with van der Waals surface area (Å²) in [6, 6.07) is 4.87. The van der Waals surface area contributed by atoms with E-state index in [1.165, 1.54) is 0 Å². The van der Waals surface area contributed by atoms with Crippen LogP contribution in [0, 0.1) is 17.5 Å². The average molecular weight is 305 g/mol. The standard InChI is InChI=1S/C14H9F6N/c15-9-2-1-8(11(5-9)14(18,19)20)7-21-13-4-3-10(16)6-12(13)17/h1-6,21H,7H2. The summed E-state index contributed by atoms with van der Waals surface area (Å²) in [5.74, 6) is -2.74. The highest BCUT2D eigenvalue weighted by Gasteiger charge is 2.33. The molecular weight excluding hydrogens is 296 g/mol. The van der Waals surface area contributed by atoms with Crippen LogP contribution in [0.2, 0.25) is 0 Å². The van der Waals surface area contributed by atoms with E-state index in [1.807, 2.05) is 0 Å². The van der Waals surface area contributed by atoms with Crippen molar-refractivity contribution < 1.29 is 26.3 Å². The van der Waals surface area contributed by atoms with E-state index in [0.29, 0.717) is 12.1 Å². The summed E-state index contributed by atoms with van der Waals surface area (Å²) in [7, 11) is 0. The normalized spacial score (nSPS) is 11.5. The molecule has 7 heteroatoms. The molecule has 0 fully saturated rings. The summed E-state index contributed by atoms with van der Waals surface area (Å²) in [6.07, 6.45) is -4.72. The lowest BCUT2D eigenvalue weighted by molar-refractivity contribution is -0.138. The van der Waals surface area contributed by atoms with E-state index in [0.717, 1.165) is 24.3 Å². The molecule has 1 N–H and O–H groups in total. The third kappa shape index (κ3) is 3.68. The molecule has 0 atom stereocenters. The first-order chi connectivity index (χ1) is 9.77. The van der Waals surface area contributed by atoms with Gasteiger partial charge in [-0.05, 0) is 29.8 Å². The van der Waals surface area contributed by atoms with Gasteiger partial charge in [-0.15, -0.1) is 0 Å². The molecule has 0 amide bonds. The molecule has 21 heavy (non-hydrogen) atoms. The summed E-state index contributed by atoms with van der Waals surface area (Å²) < 4.78 is 77.3. The van der Waals surface area contributed by atoms with E-state index < -0.39 is 29.2 Å². The smallest absolute Gasteiger partial charge is 0.379 e. The zero-order valence-corrected chi connectivity index (χ0v) is 10.4. The maximum Gasteiger partial charge on any atom is 0.416 e. The van der Waals surface area contributed by atoms with Gasteiger partial charge < -0.3 is 5.32 Å². The molecule has 2 rings (SSSR count). The molecule has 0 bridgehead atoms. The fraction of sp³-hybridized carbons (Fsp3) is 0.143. The van der Waals surface area contributed by atoms with E-state index in [1.54, 1.807) is 0 Å². The second-order valence-corrected chi connectivity index (χ2v) is 4.28. The lowest BCUT2D eigenvalue weighted by Gasteiger charge is -2.14. The van der Waals surface area contributed by atoms with Gasteiger partial charge in [-0.3, -0.25) is 0 Å². The van der Waals surface area contributed by atoms with Gasteiger partial charge in [0.25, 0.3) is 0 Å². The largest absolute Gasteiger partial charge is 0.416 e. The minimum atomic E-state index is -4.72. The van der Waals surface area contributed by atoms with E-state index in [4.69, 9.17) is 0 Å². The fourth-order valence-corrected chi connectivity index (χ4v) is 1.79. The minimum absolute atomic E-state index is 0.145. The molecule has 0 aliphatic carbocycles. The summed E-state index contributed by atoms with van der Waals surface area (Å²) in [4.78, 5) is 0. The lowest BCUT2D eigenvalue weighted by Crippen LogP contribution is -2.12. The molecule has 0 saturated carbocycles. The molecule has 0 spiro atoms. The van der Waals surface area contributed by atoms with Crippen molar-refractivity contribution in [2.45, 2.75) is 12.7 Å². The number of hydrogen-bond donors (Lipinski definition) is 1. The molecule has 2 aromatic rings. The second-order valence-electron chi connectivity index (χ2n) is 4.28. The maximum absolute atomic E-state index is 13.4.